The van der Waals surface area contributed by atoms with Crippen molar-refractivity contribution in [2.24, 2.45) is 10.8 Å². The third-order valence-corrected chi connectivity index (χ3v) is 7.68. The van der Waals surface area contributed by atoms with Crippen LogP contribution < -0.4 is 5.32 Å². The fourth-order valence-corrected chi connectivity index (χ4v) is 6.23. The average Bonchev–Trinajstić information content (AvgIpc) is 3.16. The van der Waals surface area contributed by atoms with Crippen LogP contribution in [0.4, 0.5) is 5.82 Å². The highest BCUT2D eigenvalue weighted by Crippen LogP contribution is 2.73. The molecule has 3 aliphatic carbocycles. The van der Waals surface area contributed by atoms with E-state index in [1.165, 1.54) is 57.4 Å². The summed E-state index contributed by atoms with van der Waals surface area (Å²) in [4.78, 5) is 14.0. The van der Waals surface area contributed by atoms with Crippen LogP contribution in [0.15, 0.2) is 41.1 Å². The van der Waals surface area contributed by atoms with E-state index >= 15 is 0 Å². The van der Waals surface area contributed by atoms with Crippen LogP contribution in [0.3, 0.4) is 0 Å². The lowest BCUT2D eigenvalue weighted by Gasteiger charge is -2.72. The van der Waals surface area contributed by atoms with Crippen molar-refractivity contribution in [3.05, 3.63) is 42.5 Å². The van der Waals surface area contributed by atoms with Crippen molar-refractivity contribution in [1.82, 2.24) is 19.8 Å². The van der Waals surface area contributed by atoms with Crippen LogP contribution in [0.1, 0.15) is 25.2 Å². The van der Waals surface area contributed by atoms with Crippen molar-refractivity contribution in [2.45, 2.75) is 26.2 Å². The highest BCUT2D eigenvalue weighted by atomic mass is 16.4. The first-order valence-electron chi connectivity index (χ1n) is 11.5. The monoisotopic (exact) mass is 417 g/mol. The molecule has 162 valence electrons. The molecule has 0 amide bonds. The first-order valence-corrected chi connectivity index (χ1v) is 11.5. The maximum atomic E-state index is 5.69. The summed E-state index contributed by atoms with van der Waals surface area (Å²) in [5.41, 5.74) is 2.16. The number of pyridine rings is 1. The Balaban J connectivity index is 1.08. The van der Waals surface area contributed by atoms with Crippen LogP contribution >= 0.6 is 0 Å². The average molecular weight is 418 g/mol. The van der Waals surface area contributed by atoms with Gasteiger partial charge in [0.1, 0.15) is 5.82 Å². The van der Waals surface area contributed by atoms with Gasteiger partial charge in [-0.2, -0.15) is 0 Å². The van der Waals surface area contributed by atoms with E-state index in [0.717, 1.165) is 29.1 Å². The van der Waals surface area contributed by atoms with Crippen molar-refractivity contribution in [3.63, 3.8) is 0 Å². The Hall–Kier alpha value is -2.44. The minimum Gasteiger partial charge on any atom is -0.441 e. The normalized spacial score (nSPS) is 28.3. The quantitative estimate of drug-likeness (QED) is 0.654. The molecular formula is C25H31N5O. The standard InChI is InChI=1S/C25H31N5O/c1-18-26-12-22(31-18)19-3-4-20-11-27-23(10-21(20)9-19)28-16-24-13-25(14-24,15-24)17-30-7-5-29(2)6-8-30/h3-4,9-12H,5-8,13-17H2,1-2H3,(H,27,28). The Labute approximate surface area is 183 Å². The van der Waals surface area contributed by atoms with Gasteiger partial charge in [0, 0.05) is 63.3 Å². The first-order chi connectivity index (χ1) is 15.0. The maximum Gasteiger partial charge on any atom is 0.191 e. The lowest BCUT2D eigenvalue weighted by molar-refractivity contribution is -0.205. The Morgan fingerprint density at radius 2 is 1.77 bits per heavy atom. The Morgan fingerprint density at radius 3 is 2.52 bits per heavy atom. The molecule has 1 saturated heterocycles. The van der Waals surface area contributed by atoms with Crippen LogP contribution in [0, 0.1) is 17.8 Å². The van der Waals surface area contributed by atoms with Gasteiger partial charge in [-0.3, -0.25) is 0 Å². The molecule has 31 heavy (non-hydrogen) atoms. The number of nitrogens with zero attached hydrogens (tertiary/aromatic N) is 4. The van der Waals surface area contributed by atoms with Crippen LogP contribution in [0.5, 0.6) is 0 Å². The molecule has 2 aromatic heterocycles. The molecule has 7 rings (SSSR count). The molecule has 0 spiro atoms. The highest BCUT2D eigenvalue weighted by molar-refractivity contribution is 5.87. The van der Waals surface area contributed by atoms with Gasteiger partial charge >= 0.3 is 0 Å². The second kappa shape index (κ2) is 7.04. The SMILES string of the molecule is Cc1ncc(-c2ccc3cnc(NCC45CC(CN6CCN(C)CC6)(C4)C5)cc3c2)o1. The van der Waals surface area contributed by atoms with E-state index in [4.69, 9.17) is 4.42 Å². The molecule has 3 aromatic rings. The molecule has 6 nitrogen and oxygen atoms in total. The molecule has 0 atom stereocenters. The van der Waals surface area contributed by atoms with E-state index in [2.05, 4.69) is 56.4 Å². The predicted molar refractivity (Wildman–Crippen MR) is 123 cm³/mol. The van der Waals surface area contributed by atoms with Crippen molar-refractivity contribution >= 4 is 16.6 Å². The number of oxazole rings is 1. The number of hydrogen-bond donors (Lipinski definition) is 1. The van der Waals surface area contributed by atoms with Crippen LogP contribution in [0.2, 0.25) is 0 Å². The summed E-state index contributed by atoms with van der Waals surface area (Å²) in [6.07, 6.45) is 7.88. The second-order valence-corrected chi connectivity index (χ2v) is 10.3. The summed E-state index contributed by atoms with van der Waals surface area (Å²) >= 11 is 0. The molecule has 6 heteroatoms. The van der Waals surface area contributed by atoms with Gasteiger partial charge in [-0.15, -0.1) is 0 Å². The minimum atomic E-state index is 0.502. The van der Waals surface area contributed by atoms with E-state index in [0.29, 0.717) is 16.7 Å². The summed E-state index contributed by atoms with van der Waals surface area (Å²) in [6.45, 7) is 9.12. The molecule has 4 fully saturated rings. The van der Waals surface area contributed by atoms with Crippen LogP contribution in [-0.2, 0) is 0 Å². The molecule has 0 unspecified atom stereocenters. The largest absolute Gasteiger partial charge is 0.441 e. The smallest absolute Gasteiger partial charge is 0.191 e. The number of fused-ring (bicyclic) bond motifs is 1. The van der Waals surface area contributed by atoms with Gasteiger partial charge in [-0.25, -0.2) is 9.97 Å². The van der Waals surface area contributed by atoms with Gasteiger partial charge in [0.05, 0.1) is 6.20 Å². The predicted octanol–water partition coefficient (Wildman–Crippen LogP) is 4.03. The number of nitrogens with one attached hydrogen (secondary N) is 1. The third kappa shape index (κ3) is 3.52. The number of benzene rings is 1. The summed E-state index contributed by atoms with van der Waals surface area (Å²) < 4.78 is 5.69. The van der Waals surface area contributed by atoms with Crippen molar-refractivity contribution in [2.75, 3.05) is 51.6 Å². The zero-order valence-corrected chi connectivity index (χ0v) is 18.5. The summed E-state index contributed by atoms with van der Waals surface area (Å²) in [5, 5.41) is 5.96. The zero-order chi connectivity index (χ0) is 21.1. The molecule has 3 heterocycles. The molecule has 2 bridgehead atoms. The fraction of sp³-hybridized carbons (Fsp3) is 0.520. The van der Waals surface area contributed by atoms with Crippen molar-refractivity contribution in [1.29, 1.82) is 0 Å². The van der Waals surface area contributed by atoms with E-state index < -0.39 is 0 Å². The fourth-order valence-electron chi connectivity index (χ4n) is 6.23. The van der Waals surface area contributed by atoms with Crippen molar-refractivity contribution in [3.8, 4) is 11.3 Å². The lowest BCUT2D eigenvalue weighted by Crippen LogP contribution is -2.68. The van der Waals surface area contributed by atoms with Crippen LogP contribution in [0.25, 0.3) is 22.1 Å². The van der Waals surface area contributed by atoms with E-state index in [9.17, 15) is 0 Å². The number of rotatable bonds is 6. The summed E-state index contributed by atoms with van der Waals surface area (Å²) in [6, 6.07) is 8.49. The van der Waals surface area contributed by atoms with Gasteiger partial charge < -0.3 is 19.5 Å². The van der Waals surface area contributed by atoms with Gasteiger partial charge in [0.15, 0.2) is 11.7 Å². The molecule has 0 radical (unpaired) electrons. The number of piperazine rings is 1. The molecule has 4 aliphatic rings. The van der Waals surface area contributed by atoms with E-state index in [1.54, 1.807) is 6.20 Å². The summed E-state index contributed by atoms with van der Waals surface area (Å²) in [5.74, 6) is 2.47. The molecule has 1 N–H and O–H groups in total. The van der Waals surface area contributed by atoms with E-state index in [1.807, 2.05) is 13.1 Å². The van der Waals surface area contributed by atoms with Gasteiger partial charge in [-0.05, 0) is 54.7 Å². The molecule has 1 aliphatic heterocycles. The van der Waals surface area contributed by atoms with Crippen LogP contribution in [-0.4, -0.2) is 66.1 Å². The number of aromatic nitrogens is 2. The van der Waals surface area contributed by atoms with E-state index in [-0.39, 0.29) is 0 Å². The topological polar surface area (TPSA) is 57.4 Å². The Kier molecular flexibility index (Phi) is 4.37. The molecule has 3 saturated carbocycles. The Bertz CT molecular complexity index is 1090. The number of anilines is 1. The number of aryl methyl sites for hydroxylation is 1. The first kappa shape index (κ1) is 19.3. The van der Waals surface area contributed by atoms with Crippen molar-refractivity contribution < 1.29 is 4.42 Å². The maximum absolute atomic E-state index is 5.69. The van der Waals surface area contributed by atoms with Gasteiger partial charge in [0.25, 0.3) is 0 Å². The zero-order valence-electron chi connectivity index (χ0n) is 18.5. The Morgan fingerprint density at radius 1 is 0.968 bits per heavy atom. The number of hydrogen-bond acceptors (Lipinski definition) is 6. The van der Waals surface area contributed by atoms with Gasteiger partial charge in [-0.1, -0.05) is 12.1 Å². The second-order valence-electron chi connectivity index (χ2n) is 10.3. The highest BCUT2D eigenvalue weighted by Gasteiger charge is 2.67. The lowest BCUT2D eigenvalue weighted by atomic mass is 9.35. The molecule has 1 aromatic carbocycles. The molecular weight excluding hydrogens is 386 g/mol. The van der Waals surface area contributed by atoms with Gasteiger partial charge in [0.2, 0.25) is 0 Å². The minimum absolute atomic E-state index is 0.502. The summed E-state index contributed by atoms with van der Waals surface area (Å²) in [7, 11) is 2.23. The third-order valence-electron chi connectivity index (χ3n) is 7.68. The number of likely N-dealkylation sites (N-methyl/N-ethyl adjacent to an activating group) is 1.